The lowest BCUT2D eigenvalue weighted by Crippen LogP contribution is -2.39. The molecule has 0 bridgehead atoms. The van der Waals surface area contributed by atoms with E-state index < -0.39 is 8.69 Å². The van der Waals surface area contributed by atoms with Gasteiger partial charge in [-0.05, 0) is 261 Å². The number of hydrogen-bond donors (Lipinski definition) is 0. The zero-order chi connectivity index (χ0) is 84.3. The molecule has 0 aliphatic heterocycles. The lowest BCUT2D eigenvalue weighted by Gasteiger charge is -2.44. The summed E-state index contributed by atoms with van der Waals surface area (Å²) in [5.41, 5.74) is 3.57. The number of aliphatic imine (C=N–C) groups is 12. The van der Waals surface area contributed by atoms with Crippen LogP contribution in [0.3, 0.4) is 0 Å². The second kappa shape index (κ2) is 77.5. The van der Waals surface area contributed by atoms with Crippen LogP contribution in [-0.4, -0.2) is 153 Å². The van der Waals surface area contributed by atoms with Crippen molar-refractivity contribution in [2.45, 2.75) is 215 Å². The number of rotatable bonds is 32. The topological polar surface area (TPSA) is 353 Å². The average Bonchev–Trinajstić information content (AvgIpc) is 0.801. The first-order valence-corrected chi connectivity index (χ1v) is 44.6. The first-order chi connectivity index (χ1) is 52.3. The van der Waals surface area contributed by atoms with Crippen LogP contribution < -0.4 is 0 Å². The molecule has 3 aliphatic carbocycles. The molecule has 106 heavy (non-hydrogen) atoms. The molecule has 3 fully saturated rings. The van der Waals surface area contributed by atoms with Gasteiger partial charge in [0.15, 0.2) is 0 Å². The Kier molecular flexibility index (Phi) is 74.5. The van der Waals surface area contributed by atoms with Gasteiger partial charge in [-0.2, -0.15) is 9.98 Å². The third-order valence-electron chi connectivity index (χ3n) is 16.6. The zero-order valence-electron chi connectivity index (χ0n) is 67.5. The molecule has 24 nitrogen and oxygen atoms in total. The predicted molar refractivity (Wildman–Crippen MR) is 491 cm³/mol. The first kappa shape index (κ1) is 102. The van der Waals surface area contributed by atoms with Crippen LogP contribution in [0.15, 0.2) is 108 Å². The lowest BCUT2D eigenvalue weighted by atomic mass is 9.63. The maximum atomic E-state index is 10.3. The molecular formula is C75H123I6N12O12P. The van der Waals surface area contributed by atoms with Crippen molar-refractivity contribution in [3.63, 3.8) is 0 Å². The van der Waals surface area contributed by atoms with Gasteiger partial charge >= 0.3 is 0 Å². The number of hydrogen-bond acceptors (Lipinski definition) is 24. The van der Waals surface area contributed by atoms with Crippen LogP contribution in [0.1, 0.15) is 217 Å². The van der Waals surface area contributed by atoms with Crippen LogP contribution in [-0.2, 0) is 64.0 Å². The molecule has 5 rings (SSSR count). The van der Waals surface area contributed by atoms with Crippen LogP contribution in [0.2, 0.25) is 0 Å². The second-order valence-electron chi connectivity index (χ2n) is 27.5. The quantitative estimate of drug-likeness (QED) is 0.0165. The van der Waals surface area contributed by atoms with E-state index in [0.717, 1.165) is 126 Å². The van der Waals surface area contributed by atoms with Gasteiger partial charge in [0.25, 0.3) is 0 Å². The summed E-state index contributed by atoms with van der Waals surface area (Å²) in [6.07, 6.45) is 39.9. The number of carbonyl (C=O) groups excluding carboxylic acids is 12. The number of nitrogens with zero attached hydrogens (tertiary/aromatic N) is 12. The van der Waals surface area contributed by atoms with Crippen LogP contribution >= 0.6 is 140 Å². The minimum Gasteiger partial charge on any atom is -0.211 e. The van der Waals surface area contributed by atoms with E-state index in [9.17, 15) is 57.5 Å². The van der Waals surface area contributed by atoms with Gasteiger partial charge in [-0.25, -0.2) is 107 Å². The largest absolute Gasteiger partial charge is 0.240 e. The van der Waals surface area contributed by atoms with Gasteiger partial charge < -0.3 is 0 Å². The highest BCUT2D eigenvalue weighted by molar-refractivity contribution is 14.3. The van der Waals surface area contributed by atoms with Gasteiger partial charge in [0.2, 0.25) is 73.0 Å². The van der Waals surface area contributed by atoms with Crippen LogP contribution in [0, 0.1) is 45.3 Å². The maximum Gasteiger partial charge on any atom is 0.240 e. The average molecular weight is 2180 g/mol. The molecule has 0 aromatic heterocycles. The van der Waals surface area contributed by atoms with E-state index >= 15 is 0 Å². The summed E-state index contributed by atoms with van der Waals surface area (Å²) in [4.78, 5) is 164. The van der Waals surface area contributed by atoms with E-state index in [4.69, 9.17) is 6.76 Å². The van der Waals surface area contributed by atoms with E-state index in [1.54, 1.807) is 83.3 Å². The summed E-state index contributed by atoms with van der Waals surface area (Å²) in [5.74, 6) is 2.41. The SMILES string of the molecule is CC(CCN=C=O)CC(C)(C)CN=C=O.CC(CN=C=O)CC(C)(C)CCN=C=O.CC1(C)CC(N=C=O)CC(C)(CN=C=O)C1.I.O=C=NC1CCC(CC2CCC(N=C=O)CC2)CC1.O=C=NCCCCCCN=C=O.O=C=Nc1ccc(Cc2ccc(N=C=O)cc2)cc1.[2H]C([3H])I.[2H]CI.[2H]CI.[2H]P(I)I.[HH].[HH].[HH].[HH].[HH].[HH].[HH]. The van der Waals surface area contributed by atoms with E-state index in [1.165, 1.54) is 68.6 Å². The minimum atomic E-state index is -0.697. The number of halogens is 6. The molecule has 2 aromatic carbocycles. The molecule has 0 N–H and O–H groups in total. The Hall–Kier alpha value is -4.19. The summed E-state index contributed by atoms with van der Waals surface area (Å²) in [7, 11) is 0. The number of isocyanates is 12. The third-order valence-corrected chi connectivity index (χ3v) is 16.6. The Morgan fingerprint density at radius 3 is 1.29 bits per heavy atom. The summed E-state index contributed by atoms with van der Waals surface area (Å²) in [5, 5.41) is 0. The van der Waals surface area contributed by atoms with Crippen molar-refractivity contribution in [3.8, 4) is 0 Å². The van der Waals surface area contributed by atoms with Crippen molar-refractivity contribution < 1.29 is 73.0 Å². The third kappa shape index (κ3) is 69.0. The fourth-order valence-electron chi connectivity index (χ4n) is 12.7. The molecule has 31 heteroatoms. The summed E-state index contributed by atoms with van der Waals surface area (Å²) >= 11 is 9.71. The lowest BCUT2D eigenvalue weighted by molar-refractivity contribution is 0.0915. The van der Waals surface area contributed by atoms with Crippen LogP contribution in [0.4, 0.5) is 11.4 Å². The van der Waals surface area contributed by atoms with Crippen LogP contribution in [0.25, 0.3) is 0 Å². The fraction of sp³-hybridized carbons (Fsp3) is 0.680. The van der Waals surface area contributed by atoms with Crippen LogP contribution in [0.5, 0.6) is 0 Å². The standard InChI is InChI=1S/C15H22N2O2.C15H10N2O2.C12H18N2O2.2C11H18N2O2.C8H12N2O2.3CH3I.HI2P.HI.7H2/c2*18-10-16-14-5-1-12(2-6-14)9-13-3-7-15(8-4-13)17-11-19;1-11(2)4-10(14-9-16)5-12(3,6-11)7-13-8-15;1-10(7-13-9-15)6-11(2,3)4-5-12-8-14;1-10(4-5-12-8-14)6-11(2,3)7-13-9-15;11-7-9-5-3-1-2-4-6-10-8-12;3*1-2;1-3-2;;;;;;;;/h12-15H,1-9H2;1-8H,9H2;10H,4-7H2,1-3H3;2*10H,4-7H2,1-3H3;1-6H2;3*1H3;3H;8*1H/i;;;;;;1TD;2*1D;3D;;;;;;;;. The highest BCUT2D eigenvalue weighted by Gasteiger charge is 2.41. The molecule has 5 unspecified atom stereocenters. The van der Waals surface area contributed by atoms with Crippen molar-refractivity contribution in [2.75, 3.05) is 60.5 Å². The summed E-state index contributed by atoms with van der Waals surface area (Å²) < 4.78 is 31.1. The number of benzene rings is 2. The molecular weight excluding hydrogens is 2050 g/mol. The molecule has 5 atom stereocenters. The van der Waals surface area contributed by atoms with Gasteiger partial charge in [0, 0.05) is 19.3 Å². The van der Waals surface area contributed by atoms with E-state index in [0.29, 0.717) is 78.8 Å². The van der Waals surface area contributed by atoms with Gasteiger partial charge in [-0.15, -0.1) is 24.0 Å². The Balaban J connectivity index is -0.0000000977. The molecule has 0 heterocycles. The fourth-order valence-corrected chi connectivity index (χ4v) is 12.7. The predicted octanol–water partition coefficient (Wildman–Crippen LogP) is 21.9. The van der Waals surface area contributed by atoms with Crippen molar-refractivity contribution >= 4 is 224 Å². The zero-order valence-corrected chi connectivity index (χ0v) is 76.5. The number of unbranched alkanes of at least 4 members (excludes halogenated alkanes) is 3. The van der Waals surface area contributed by atoms with Gasteiger partial charge in [0.05, 0.1) is 76.6 Å². The highest BCUT2D eigenvalue weighted by Crippen LogP contribution is 2.47. The normalized spacial score (nSPS) is 18.6. The van der Waals surface area contributed by atoms with E-state index in [-0.39, 0.29) is 73.7 Å². The van der Waals surface area contributed by atoms with Crippen molar-refractivity contribution in [3.05, 3.63) is 59.7 Å². The molecule has 3 aliphatic rings. The van der Waals surface area contributed by atoms with Gasteiger partial charge in [0.1, 0.15) is 0 Å². The minimum absolute atomic E-state index is 0. The van der Waals surface area contributed by atoms with Crippen molar-refractivity contribution in [1.29, 1.82) is 1.28 Å². The first-order valence-electron chi connectivity index (χ1n) is 36.9. The summed E-state index contributed by atoms with van der Waals surface area (Å²) in [6, 6.07) is 15.2. The van der Waals surface area contributed by atoms with E-state index in [2.05, 4.69) is 159 Å². The molecule has 0 amide bonds. The molecule has 0 saturated heterocycles. The van der Waals surface area contributed by atoms with E-state index in [1.807, 2.05) is 76.4 Å². The Morgan fingerprint density at radius 2 is 0.906 bits per heavy atom. The maximum absolute atomic E-state index is 10.3. The molecule has 2 aromatic rings. The number of alkyl halides is 3. The molecule has 0 radical (unpaired) electrons. The molecule has 0 spiro atoms. The van der Waals surface area contributed by atoms with Crippen molar-refractivity contribution in [1.82, 2.24) is 0 Å². The highest BCUT2D eigenvalue weighted by atomic mass is 127. The Morgan fingerprint density at radius 1 is 0.528 bits per heavy atom. The second-order valence-corrected chi connectivity index (χ2v) is 36.0. The van der Waals surface area contributed by atoms with Gasteiger partial charge in [-0.1, -0.05) is 167 Å². The monoisotopic (exact) mass is 2180 g/mol. The Labute approximate surface area is 732 Å². The molecule has 602 valence electrons. The molecule has 3 saturated carbocycles. The van der Waals surface area contributed by atoms with Crippen molar-refractivity contribution in [2.24, 2.45) is 105 Å². The summed E-state index contributed by atoms with van der Waals surface area (Å²) in [6.45, 7) is 22.5. The smallest absolute Gasteiger partial charge is 0.211 e. The van der Waals surface area contributed by atoms with Gasteiger partial charge in [-0.3, -0.25) is 0 Å². The Bertz CT molecular complexity index is 3280.